The summed E-state index contributed by atoms with van der Waals surface area (Å²) >= 11 is 0. The molecule has 458 valence electrons. The highest BCUT2D eigenvalue weighted by Gasteiger charge is 2.50. The van der Waals surface area contributed by atoms with Crippen LogP contribution >= 0.6 is 0 Å². The SMILES string of the molecule is CC(C)(C)c1ccc(N(c2ccc(C(C)(C)C)cc2)c2cc3c4c(c2)N(c2ccc5c(c2)oc2cc(C(C)(C)C)ccc25)c2cc5c(cc2B4c2cc4c(cc2N3c2ccc3c(c2)C(C)(C)CCC3(C)C)C(C)(C)CCC4(C)C)C(C)(C)CCC5(C)C)cc1. The monoisotopic (exact) mass is 1180 g/mol. The van der Waals surface area contributed by atoms with Crippen LogP contribution in [-0.4, -0.2) is 6.71 Å². The minimum Gasteiger partial charge on any atom is -0.456 e. The van der Waals surface area contributed by atoms with Gasteiger partial charge in [0.2, 0.25) is 0 Å². The van der Waals surface area contributed by atoms with Crippen LogP contribution in [0.5, 0.6) is 0 Å². The Morgan fingerprint density at radius 3 is 1.11 bits per heavy atom. The maximum atomic E-state index is 7.11. The van der Waals surface area contributed by atoms with Crippen LogP contribution in [0.1, 0.15) is 234 Å². The first-order valence-electron chi connectivity index (χ1n) is 33.7. The van der Waals surface area contributed by atoms with E-state index in [1.54, 1.807) is 0 Å². The maximum absolute atomic E-state index is 7.11. The fourth-order valence-corrected chi connectivity index (χ4v) is 16.5. The fourth-order valence-electron chi connectivity index (χ4n) is 16.5. The van der Waals surface area contributed by atoms with Crippen molar-refractivity contribution in [1.29, 1.82) is 0 Å². The molecule has 0 spiro atoms. The van der Waals surface area contributed by atoms with Crippen molar-refractivity contribution in [3.8, 4) is 0 Å². The molecule has 0 saturated carbocycles. The number of furan rings is 1. The molecule has 8 aromatic carbocycles. The molecule has 4 nitrogen and oxygen atoms in total. The number of hydrogen-bond donors (Lipinski definition) is 0. The summed E-state index contributed by atoms with van der Waals surface area (Å²) in [4.78, 5) is 7.98. The normalized spacial score (nSPS) is 19.0. The van der Waals surface area contributed by atoms with Gasteiger partial charge in [0.25, 0.3) is 6.71 Å². The van der Waals surface area contributed by atoms with Crippen LogP contribution in [0.25, 0.3) is 21.9 Å². The highest BCUT2D eigenvalue weighted by molar-refractivity contribution is 7.00. The summed E-state index contributed by atoms with van der Waals surface area (Å²) in [6.45, 7) is 50.7. The summed E-state index contributed by atoms with van der Waals surface area (Å²) < 4.78 is 7.11. The van der Waals surface area contributed by atoms with E-state index in [2.05, 4.69) is 300 Å². The summed E-state index contributed by atoms with van der Waals surface area (Å²) in [6, 6.07) is 56.5. The number of hydrogen-bond acceptors (Lipinski definition) is 4. The van der Waals surface area contributed by atoms with Crippen molar-refractivity contribution in [3.05, 3.63) is 190 Å². The predicted molar refractivity (Wildman–Crippen MR) is 384 cm³/mol. The zero-order chi connectivity index (χ0) is 63.5. The van der Waals surface area contributed by atoms with Gasteiger partial charge in [0.1, 0.15) is 11.2 Å². The van der Waals surface area contributed by atoms with Crippen LogP contribution in [0.2, 0.25) is 0 Å². The van der Waals surface area contributed by atoms with Gasteiger partial charge in [-0.2, -0.15) is 0 Å². The molecule has 0 amide bonds. The van der Waals surface area contributed by atoms with E-state index in [-0.39, 0.29) is 55.4 Å². The molecule has 0 radical (unpaired) electrons. The summed E-state index contributed by atoms with van der Waals surface area (Å²) in [7, 11) is 0. The Morgan fingerprint density at radius 2 is 0.685 bits per heavy atom. The topological polar surface area (TPSA) is 22.9 Å². The fraction of sp³-hybridized carbons (Fsp3) is 0.429. The summed E-state index contributed by atoms with van der Waals surface area (Å²) in [6.07, 6.45) is 6.86. The van der Waals surface area contributed by atoms with Crippen LogP contribution < -0.4 is 31.1 Å². The van der Waals surface area contributed by atoms with E-state index >= 15 is 0 Å². The molecular formula is C84H98BN3O. The lowest BCUT2D eigenvalue weighted by molar-refractivity contribution is 0.332. The quantitative estimate of drug-likeness (QED) is 0.160. The predicted octanol–water partition coefficient (Wildman–Crippen LogP) is 22.1. The smallest absolute Gasteiger partial charge is 0.252 e. The van der Waals surface area contributed by atoms with E-state index in [9.17, 15) is 0 Å². The van der Waals surface area contributed by atoms with Gasteiger partial charge in [-0.15, -0.1) is 0 Å². The Balaban J connectivity index is 1.15. The van der Waals surface area contributed by atoms with Crippen molar-refractivity contribution in [2.45, 2.75) is 233 Å². The average Bonchev–Trinajstić information content (AvgIpc) is 1.01. The first-order valence-corrected chi connectivity index (χ1v) is 33.7. The lowest BCUT2D eigenvalue weighted by Gasteiger charge is -2.49. The molecule has 2 aliphatic heterocycles. The Kier molecular flexibility index (Phi) is 12.9. The molecule has 0 N–H and O–H groups in total. The Labute approximate surface area is 534 Å². The van der Waals surface area contributed by atoms with Crippen molar-refractivity contribution in [3.63, 3.8) is 0 Å². The highest BCUT2D eigenvalue weighted by atomic mass is 16.3. The molecule has 5 heteroatoms. The summed E-state index contributed by atoms with van der Waals surface area (Å²) in [5.41, 5.74) is 29.4. The molecule has 3 aliphatic carbocycles. The van der Waals surface area contributed by atoms with E-state index in [4.69, 9.17) is 4.42 Å². The van der Waals surface area contributed by atoms with Gasteiger partial charge in [0, 0.05) is 62.3 Å². The molecule has 0 fully saturated rings. The Hall–Kier alpha value is -6.98. The molecule has 0 bridgehead atoms. The summed E-state index contributed by atoms with van der Waals surface area (Å²) in [5, 5.41) is 2.29. The minimum atomic E-state index is -0.0758. The van der Waals surface area contributed by atoms with Crippen molar-refractivity contribution < 1.29 is 4.42 Å². The van der Waals surface area contributed by atoms with Gasteiger partial charge in [-0.3, -0.25) is 0 Å². The van der Waals surface area contributed by atoms with Crippen molar-refractivity contribution in [2.24, 2.45) is 0 Å². The van der Waals surface area contributed by atoms with E-state index in [0.717, 1.165) is 76.8 Å². The Bertz CT molecular complexity index is 4330. The molecule has 9 aromatic rings. The second-order valence-corrected chi connectivity index (χ2v) is 35.1. The van der Waals surface area contributed by atoms with Crippen LogP contribution in [0, 0.1) is 0 Å². The summed E-state index contributed by atoms with van der Waals surface area (Å²) in [5.74, 6) is 0. The number of rotatable bonds is 5. The minimum absolute atomic E-state index is 0.000580. The molecule has 1 aromatic heterocycles. The van der Waals surface area contributed by atoms with Crippen LogP contribution in [0.15, 0.2) is 144 Å². The third-order valence-electron chi connectivity index (χ3n) is 22.9. The van der Waals surface area contributed by atoms with Crippen LogP contribution in [0.4, 0.5) is 51.2 Å². The first-order chi connectivity index (χ1) is 41.4. The largest absolute Gasteiger partial charge is 0.456 e. The lowest BCUT2D eigenvalue weighted by atomic mass is 9.32. The van der Waals surface area contributed by atoms with Gasteiger partial charge in [-0.25, -0.2) is 0 Å². The number of anilines is 9. The average molecular weight is 1180 g/mol. The number of nitrogens with zero attached hydrogens (tertiary/aromatic N) is 3. The van der Waals surface area contributed by atoms with Crippen molar-refractivity contribution in [1.82, 2.24) is 0 Å². The Morgan fingerprint density at radius 1 is 0.337 bits per heavy atom. The van der Waals surface area contributed by atoms with E-state index in [1.165, 1.54) is 101 Å². The zero-order valence-electron chi connectivity index (χ0n) is 57.8. The zero-order valence-corrected chi connectivity index (χ0v) is 57.8. The maximum Gasteiger partial charge on any atom is 0.252 e. The molecule has 14 rings (SSSR count). The highest BCUT2D eigenvalue weighted by Crippen LogP contribution is 2.56. The molecule has 0 saturated heterocycles. The molecule has 5 aliphatic rings. The molecule has 0 atom stereocenters. The molecular weight excluding hydrogens is 1080 g/mol. The second-order valence-electron chi connectivity index (χ2n) is 35.1. The third-order valence-corrected chi connectivity index (χ3v) is 22.9. The van der Waals surface area contributed by atoms with Crippen LogP contribution in [0.3, 0.4) is 0 Å². The van der Waals surface area contributed by atoms with E-state index in [0.29, 0.717) is 0 Å². The number of benzene rings is 8. The van der Waals surface area contributed by atoms with Crippen molar-refractivity contribution >= 4 is 96.2 Å². The number of fused-ring (bicyclic) bond motifs is 10. The molecule has 89 heavy (non-hydrogen) atoms. The molecule has 3 heterocycles. The standard InChI is InChI=1S/C84H98BN3O/c1-76(2,3)51-22-27-54(28-23-51)86(55-29-24-52(25-30-55)77(4,5)6)58-44-71-75-72(45-58)88(57-31-34-60-59-33-26-53(78(7,8)9)42-73(59)89-74(60)46-57)70-50-66-64(82(16,17)39-41-84(66,20)21)48-68(70)85(75)67-47-63-65(83(18,19)40-38-81(63,14)15)49-69(67)87(71)56-32-35-61-62(43-56)80(12,13)37-36-79(61,10)11/h22-35,42-50H,36-41H2,1-21H3. The van der Waals surface area contributed by atoms with Gasteiger partial charge in [-0.05, 0) is 233 Å². The molecule has 0 unspecified atom stereocenters. The van der Waals surface area contributed by atoms with Crippen LogP contribution in [-0.2, 0) is 48.7 Å². The first kappa shape index (κ1) is 59.6. The van der Waals surface area contributed by atoms with Gasteiger partial charge in [0.15, 0.2) is 0 Å². The van der Waals surface area contributed by atoms with E-state index in [1.807, 2.05) is 0 Å². The van der Waals surface area contributed by atoms with Gasteiger partial charge in [-0.1, -0.05) is 200 Å². The van der Waals surface area contributed by atoms with Gasteiger partial charge < -0.3 is 19.1 Å². The lowest BCUT2D eigenvalue weighted by Crippen LogP contribution is -2.62. The van der Waals surface area contributed by atoms with Gasteiger partial charge in [0.05, 0.1) is 5.69 Å². The second kappa shape index (κ2) is 19.3. The van der Waals surface area contributed by atoms with Gasteiger partial charge >= 0.3 is 0 Å². The van der Waals surface area contributed by atoms with E-state index < -0.39 is 0 Å². The van der Waals surface area contributed by atoms with Crippen molar-refractivity contribution in [2.75, 3.05) is 14.7 Å². The third kappa shape index (κ3) is 9.48.